The van der Waals surface area contributed by atoms with Gasteiger partial charge in [0.15, 0.2) is 0 Å². The molecule has 1 saturated carbocycles. The third-order valence-electron chi connectivity index (χ3n) is 5.26. The Morgan fingerprint density at radius 3 is 2.43 bits per heavy atom. The Morgan fingerprint density at radius 2 is 1.86 bits per heavy atom. The molecule has 0 amide bonds. The summed E-state index contributed by atoms with van der Waals surface area (Å²) in [5, 5.41) is 9.40. The second-order valence-corrected chi connectivity index (χ2v) is 6.75. The third-order valence-corrected chi connectivity index (χ3v) is 5.26. The first kappa shape index (κ1) is 16.8. The van der Waals surface area contributed by atoms with E-state index in [1.807, 2.05) is 0 Å². The molecule has 1 heterocycles. The molecule has 0 bridgehead atoms. The Bertz CT molecular complexity index is 326. The summed E-state index contributed by atoms with van der Waals surface area (Å²) in [5.41, 5.74) is 0. The van der Waals surface area contributed by atoms with Gasteiger partial charge >= 0.3 is 5.97 Å². The molecule has 0 aromatic carbocycles. The number of ether oxygens (including phenoxy) is 1. The minimum atomic E-state index is -0.696. The first-order valence-corrected chi connectivity index (χ1v) is 8.73. The van der Waals surface area contributed by atoms with Crippen LogP contribution in [0.3, 0.4) is 0 Å². The molecular formula is C17H31NO3. The van der Waals surface area contributed by atoms with Crippen molar-refractivity contribution in [3.63, 3.8) is 0 Å². The molecule has 2 atom stereocenters. The summed E-state index contributed by atoms with van der Waals surface area (Å²) >= 11 is 0. The fourth-order valence-electron chi connectivity index (χ4n) is 4.16. The average molecular weight is 297 g/mol. The lowest BCUT2D eigenvalue weighted by Gasteiger charge is -2.41. The van der Waals surface area contributed by atoms with E-state index in [0.29, 0.717) is 19.3 Å². The lowest BCUT2D eigenvalue weighted by molar-refractivity contribution is -0.143. The zero-order chi connectivity index (χ0) is 15.2. The normalized spacial score (nSPS) is 33.5. The van der Waals surface area contributed by atoms with Crippen molar-refractivity contribution < 1.29 is 14.6 Å². The van der Waals surface area contributed by atoms with E-state index in [9.17, 15) is 9.90 Å². The molecule has 2 aliphatic rings. The van der Waals surface area contributed by atoms with E-state index in [-0.39, 0.29) is 12.0 Å². The van der Waals surface area contributed by atoms with Crippen LogP contribution in [-0.4, -0.2) is 47.8 Å². The van der Waals surface area contributed by atoms with E-state index in [1.165, 1.54) is 38.5 Å². The SMILES string of the molecule is CCCC1CCC(N(CCC)C2COCC2C(=O)O)CC1. The number of hydrogen-bond acceptors (Lipinski definition) is 3. The van der Waals surface area contributed by atoms with Crippen LogP contribution < -0.4 is 0 Å². The predicted octanol–water partition coefficient (Wildman–Crippen LogP) is 3.16. The Labute approximate surface area is 128 Å². The van der Waals surface area contributed by atoms with Crippen LogP contribution in [0.4, 0.5) is 0 Å². The van der Waals surface area contributed by atoms with Gasteiger partial charge in [-0.2, -0.15) is 0 Å². The second-order valence-electron chi connectivity index (χ2n) is 6.75. The van der Waals surface area contributed by atoms with Gasteiger partial charge in [0.2, 0.25) is 0 Å². The maximum Gasteiger partial charge on any atom is 0.310 e. The number of aliphatic carboxylic acids is 1. The zero-order valence-corrected chi connectivity index (χ0v) is 13.6. The molecule has 1 aliphatic carbocycles. The smallest absolute Gasteiger partial charge is 0.310 e. The summed E-state index contributed by atoms with van der Waals surface area (Å²) in [6.45, 7) is 6.42. The molecule has 21 heavy (non-hydrogen) atoms. The predicted molar refractivity (Wildman–Crippen MR) is 83.4 cm³/mol. The Morgan fingerprint density at radius 1 is 1.14 bits per heavy atom. The molecule has 4 heteroatoms. The monoisotopic (exact) mass is 297 g/mol. The van der Waals surface area contributed by atoms with Crippen molar-refractivity contribution in [2.75, 3.05) is 19.8 Å². The average Bonchev–Trinajstić information content (AvgIpc) is 2.95. The van der Waals surface area contributed by atoms with Crippen LogP contribution in [0.5, 0.6) is 0 Å². The number of carbonyl (C=O) groups is 1. The standard InChI is InChI=1S/C17H31NO3/c1-3-5-13-6-8-14(9-7-13)18(10-4-2)16-12-21-11-15(16)17(19)20/h13-16H,3-12H2,1-2H3,(H,19,20). The summed E-state index contributed by atoms with van der Waals surface area (Å²) in [6.07, 6.45) is 8.79. The van der Waals surface area contributed by atoms with Crippen molar-refractivity contribution in [2.45, 2.75) is 70.9 Å². The van der Waals surface area contributed by atoms with Crippen LogP contribution in [0.2, 0.25) is 0 Å². The van der Waals surface area contributed by atoms with Crippen molar-refractivity contribution in [2.24, 2.45) is 11.8 Å². The fourth-order valence-corrected chi connectivity index (χ4v) is 4.16. The number of hydrogen-bond donors (Lipinski definition) is 1. The lowest BCUT2D eigenvalue weighted by Crippen LogP contribution is -2.50. The molecule has 4 nitrogen and oxygen atoms in total. The van der Waals surface area contributed by atoms with Gasteiger partial charge in [0.05, 0.1) is 19.1 Å². The molecule has 2 unspecified atom stereocenters. The summed E-state index contributed by atoms with van der Waals surface area (Å²) in [7, 11) is 0. The molecule has 0 spiro atoms. The lowest BCUT2D eigenvalue weighted by atomic mass is 9.82. The summed E-state index contributed by atoms with van der Waals surface area (Å²) < 4.78 is 5.49. The fraction of sp³-hybridized carbons (Fsp3) is 0.941. The largest absolute Gasteiger partial charge is 0.481 e. The Kier molecular flexibility index (Phi) is 6.49. The highest BCUT2D eigenvalue weighted by Gasteiger charge is 2.40. The van der Waals surface area contributed by atoms with Crippen molar-refractivity contribution in [1.82, 2.24) is 4.90 Å². The van der Waals surface area contributed by atoms with E-state index in [1.54, 1.807) is 0 Å². The van der Waals surface area contributed by atoms with Gasteiger partial charge in [0, 0.05) is 12.1 Å². The van der Waals surface area contributed by atoms with Crippen LogP contribution in [0.15, 0.2) is 0 Å². The minimum absolute atomic E-state index is 0.0789. The quantitative estimate of drug-likeness (QED) is 0.784. The molecule has 0 aromatic rings. The van der Waals surface area contributed by atoms with Gasteiger partial charge in [-0.1, -0.05) is 26.7 Å². The van der Waals surface area contributed by atoms with Crippen LogP contribution in [0.1, 0.15) is 58.8 Å². The van der Waals surface area contributed by atoms with Crippen molar-refractivity contribution in [3.8, 4) is 0 Å². The maximum atomic E-state index is 11.4. The van der Waals surface area contributed by atoms with Gasteiger partial charge in [-0.15, -0.1) is 0 Å². The zero-order valence-electron chi connectivity index (χ0n) is 13.6. The molecule has 0 radical (unpaired) electrons. The van der Waals surface area contributed by atoms with E-state index in [0.717, 1.165) is 18.9 Å². The molecule has 1 N–H and O–H groups in total. The highest BCUT2D eigenvalue weighted by atomic mass is 16.5. The highest BCUT2D eigenvalue weighted by Crippen LogP contribution is 2.33. The van der Waals surface area contributed by atoms with E-state index < -0.39 is 5.97 Å². The Hall–Kier alpha value is -0.610. The van der Waals surface area contributed by atoms with Crippen LogP contribution >= 0.6 is 0 Å². The molecule has 122 valence electrons. The summed E-state index contributed by atoms with van der Waals surface area (Å²) in [6, 6.07) is 0.641. The van der Waals surface area contributed by atoms with Crippen molar-refractivity contribution >= 4 is 5.97 Å². The van der Waals surface area contributed by atoms with Gasteiger partial charge in [0.25, 0.3) is 0 Å². The minimum Gasteiger partial charge on any atom is -0.481 e. The summed E-state index contributed by atoms with van der Waals surface area (Å²) in [5.74, 6) is -0.145. The summed E-state index contributed by atoms with van der Waals surface area (Å²) in [4.78, 5) is 13.9. The topological polar surface area (TPSA) is 49.8 Å². The van der Waals surface area contributed by atoms with Gasteiger partial charge in [-0.25, -0.2) is 0 Å². The van der Waals surface area contributed by atoms with Gasteiger partial charge in [0.1, 0.15) is 0 Å². The molecule has 1 aliphatic heterocycles. The van der Waals surface area contributed by atoms with E-state index in [2.05, 4.69) is 18.7 Å². The number of carboxylic acids is 1. The number of nitrogens with zero attached hydrogens (tertiary/aromatic N) is 1. The van der Waals surface area contributed by atoms with E-state index >= 15 is 0 Å². The van der Waals surface area contributed by atoms with Crippen LogP contribution in [-0.2, 0) is 9.53 Å². The molecule has 1 saturated heterocycles. The van der Waals surface area contributed by atoms with Crippen molar-refractivity contribution in [3.05, 3.63) is 0 Å². The highest BCUT2D eigenvalue weighted by molar-refractivity contribution is 5.71. The first-order valence-electron chi connectivity index (χ1n) is 8.73. The molecule has 2 fully saturated rings. The van der Waals surface area contributed by atoms with E-state index in [4.69, 9.17) is 4.74 Å². The van der Waals surface area contributed by atoms with Gasteiger partial charge in [-0.3, -0.25) is 9.69 Å². The Balaban J connectivity index is 1.97. The molecule has 2 rings (SSSR count). The number of carboxylic acid groups (broad SMARTS) is 1. The van der Waals surface area contributed by atoms with Crippen molar-refractivity contribution in [1.29, 1.82) is 0 Å². The molecule has 0 aromatic heterocycles. The van der Waals surface area contributed by atoms with Gasteiger partial charge in [-0.05, 0) is 44.6 Å². The maximum absolute atomic E-state index is 11.4. The third kappa shape index (κ3) is 4.19. The van der Waals surface area contributed by atoms with Crippen LogP contribution in [0.25, 0.3) is 0 Å². The van der Waals surface area contributed by atoms with Gasteiger partial charge < -0.3 is 9.84 Å². The number of rotatable bonds is 7. The second kappa shape index (κ2) is 8.14. The first-order chi connectivity index (χ1) is 10.2. The molecular weight excluding hydrogens is 266 g/mol. The van der Waals surface area contributed by atoms with Crippen LogP contribution in [0, 0.1) is 11.8 Å².